The van der Waals surface area contributed by atoms with Crippen LogP contribution in [-0.2, 0) is 4.84 Å². The largest absolute Gasteiger partial charge is 0.490 e. The number of piperidine rings is 1. The smallest absolute Gasteiger partial charge is 0.312 e. The Labute approximate surface area is 210 Å². The number of furan rings is 1. The van der Waals surface area contributed by atoms with Crippen LogP contribution in [0.25, 0.3) is 21.7 Å². The summed E-state index contributed by atoms with van der Waals surface area (Å²) >= 11 is 0. The molecule has 7 heteroatoms. The number of amides is 1. The van der Waals surface area contributed by atoms with Crippen molar-refractivity contribution >= 4 is 27.6 Å². The van der Waals surface area contributed by atoms with Crippen molar-refractivity contribution in [2.75, 3.05) is 40.4 Å². The lowest BCUT2D eigenvalue weighted by atomic mass is 9.88. The highest BCUT2D eigenvalue weighted by Gasteiger charge is 2.23. The minimum atomic E-state index is -0.620. The average molecular weight is 489 g/mol. The molecule has 1 atom stereocenters. The third-order valence-corrected chi connectivity index (χ3v) is 7.02. The van der Waals surface area contributed by atoms with E-state index < -0.39 is 6.10 Å². The number of hydrogen-bond acceptors (Lipinski definition) is 6. The van der Waals surface area contributed by atoms with Crippen molar-refractivity contribution in [3.8, 4) is 5.75 Å². The molecular formula is C29H32N2O5. The highest BCUT2D eigenvalue weighted by molar-refractivity contribution is 5.97. The Morgan fingerprint density at radius 3 is 2.64 bits per heavy atom. The van der Waals surface area contributed by atoms with Crippen molar-refractivity contribution < 1.29 is 23.9 Å². The van der Waals surface area contributed by atoms with E-state index in [9.17, 15) is 9.90 Å². The number of β-amino-alcohol motifs (C(OH)–C–C–N with tert-alkyl or cyclic N) is 1. The van der Waals surface area contributed by atoms with E-state index in [4.69, 9.17) is 14.0 Å². The number of aliphatic hydroxyl groups excluding tert-OH is 1. The van der Waals surface area contributed by atoms with Gasteiger partial charge in [0.15, 0.2) is 5.76 Å². The molecule has 1 aromatic heterocycles. The summed E-state index contributed by atoms with van der Waals surface area (Å²) in [5.74, 6) is 0.906. The topological polar surface area (TPSA) is 75.4 Å². The van der Waals surface area contributed by atoms with Crippen LogP contribution >= 0.6 is 0 Å². The van der Waals surface area contributed by atoms with Gasteiger partial charge in [-0.3, -0.25) is 9.63 Å². The molecular weight excluding hydrogens is 456 g/mol. The third kappa shape index (κ3) is 5.23. The fourth-order valence-electron chi connectivity index (χ4n) is 4.95. The number of carbonyl (C=O) groups is 1. The van der Waals surface area contributed by atoms with E-state index in [1.807, 2.05) is 6.07 Å². The minimum Gasteiger partial charge on any atom is -0.490 e. The summed E-state index contributed by atoms with van der Waals surface area (Å²) in [4.78, 5) is 19.6. The normalized spacial score (nSPS) is 15.9. The first-order valence-electron chi connectivity index (χ1n) is 12.4. The van der Waals surface area contributed by atoms with Crippen LogP contribution in [0.3, 0.4) is 0 Å². The van der Waals surface area contributed by atoms with Gasteiger partial charge in [0.2, 0.25) is 0 Å². The van der Waals surface area contributed by atoms with Gasteiger partial charge in [-0.15, -0.1) is 0 Å². The number of aliphatic hydroxyl groups is 1. The average Bonchev–Trinajstić information content (AvgIpc) is 3.36. The monoisotopic (exact) mass is 488 g/mol. The van der Waals surface area contributed by atoms with Crippen molar-refractivity contribution in [1.82, 2.24) is 9.96 Å². The number of hydrogen-bond donors (Lipinski definition) is 1. The van der Waals surface area contributed by atoms with Gasteiger partial charge in [0, 0.05) is 19.7 Å². The standard InChI is InChI=1S/C29H32N2O5/c1-30(34-2)29(33)28-17-25-26(8-5-9-27(25)36-28)35-19-24(32)18-31-14-12-21(13-15-31)23-11-10-20-6-3-4-7-22(20)16-23/h3-11,16-17,21,24,32H,12-15,18-19H2,1-2H3/t24-/m0/s1. The molecule has 2 heterocycles. The number of carbonyl (C=O) groups excluding carboxylic acids is 1. The first-order valence-corrected chi connectivity index (χ1v) is 12.4. The van der Waals surface area contributed by atoms with Crippen LogP contribution in [0, 0.1) is 0 Å². The number of fused-ring (bicyclic) bond motifs is 2. The highest BCUT2D eigenvalue weighted by Crippen LogP contribution is 2.31. The molecule has 0 bridgehead atoms. The number of nitrogens with zero attached hydrogens (tertiary/aromatic N) is 2. The van der Waals surface area contributed by atoms with Gasteiger partial charge in [-0.1, -0.05) is 48.5 Å². The molecule has 0 aliphatic carbocycles. The lowest BCUT2D eigenvalue weighted by Gasteiger charge is -2.33. The molecule has 188 valence electrons. The third-order valence-electron chi connectivity index (χ3n) is 7.02. The molecule has 0 radical (unpaired) electrons. The molecule has 1 N–H and O–H groups in total. The fraction of sp³-hybridized carbons (Fsp3) is 0.345. The van der Waals surface area contributed by atoms with E-state index in [0.717, 1.165) is 31.0 Å². The summed E-state index contributed by atoms with van der Waals surface area (Å²) < 4.78 is 11.6. The van der Waals surface area contributed by atoms with Crippen LogP contribution in [0.15, 0.2) is 71.1 Å². The summed E-state index contributed by atoms with van der Waals surface area (Å²) in [5, 5.41) is 15.0. The Hall–Kier alpha value is -3.39. The van der Waals surface area contributed by atoms with Crippen molar-refractivity contribution in [3.63, 3.8) is 0 Å². The van der Waals surface area contributed by atoms with Crippen molar-refractivity contribution in [3.05, 3.63) is 78.1 Å². The maximum Gasteiger partial charge on any atom is 0.312 e. The molecule has 0 unspecified atom stereocenters. The van der Waals surface area contributed by atoms with E-state index in [2.05, 4.69) is 47.4 Å². The van der Waals surface area contributed by atoms with Gasteiger partial charge in [0.25, 0.3) is 0 Å². The molecule has 0 saturated carbocycles. The van der Waals surface area contributed by atoms with Crippen molar-refractivity contribution in [2.45, 2.75) is 24.9 Å². The number of hydroxylamine groups is 2. The maximum atomic E-state index is 12.3. The Balaban J connectivity index is 1.14. The Morgan fingerprint density at radius 1 is 1.08 bits per heavy atom. The number of rotatable bonds is 8. The Bertz CT molecular complexity index is 1340. The van der Waals surface area contributed by atoms with Gasteiger partial charge in [-0.05, 0) is 60.3 Å². The van der Waals surface area contributed by atoms with E-state index in [0.29, 0.717) is 29.2 Å². The first kappa shape index (κ1) is 24.3. The van der Waals surface area contributed by atoms with Gasteiger partial charge in [0.1, 0.15) is 24.0 Å². The fourth-order valence-corrected chi connectivity index (χ4v) is 4.95. The molecule has 5 rings (SSSR count). The predicted molar refractivity (Wildman–Crippen MR) is 139 cm³/mol. The number of likely N-dealkylation sites (tertiary alicyclic amines) is 1. The molecule has 1 fully saturated rings. The second kappa shape index (κ2) is 10.7. The van der Waals surface area contributed by atoms with Gasteiger partial charge in [-0.2, -0.15) is 0 Å². The van der Waals surface area contributed by atoms with E-state index in [1.54, 1.807) is 18.2 Å². The van der Waals surface area contributed by atoms with Crippen LogP contribution in [0.1, 0.15) is 34.9 Å². The van der Waals surface area contributed by atoms with E-state index in [-0.39, 0.29) is 18.3 Å². The SMILES string of the molecule is CON(C)C(=O)c1cc2c(OC[C@@H](O)CN3CCC(c4ccc5ccccc5c4)CC3)cccc2o1. The zero-order valence-corrected chi connectivity index (χ0v) is 20.7. The molecule has 0 spiro atoms. The molecule has 4 aromatic rings. The molecule has 1 aliphatic rings. The second-order valence-corrected chi connectivity index (χ2v) is 9.41. The molecule has 36 heavy (non-hydrogen) atoms. The maximum absolute atomic E-state index is 12.3. The Morgan fingerprint density at radius 2 is 1.86 bits per heavy atom. The molecule has 3 aromatic carbocycles. The van der Waals surface area contributed by atoms with Crippen molar-refractivity contribution in [2.24, 2.45) is 0 Å². The van der Waals surface area contributed by atoms with Gasteiger partial charge in [-0.25, -0.2) is 5.06 Å². The zero-order valence-electron chi connectivity index (χ0n) is 20.7. The Kier molecular flexibility index (Phi) is 7.23. The summed E-state index contributed by atoms with van der Waals surface area (Å²) in [6.07, 6.45) is 1.53. The summed E-state index contributed by atoms with van der Waals surface area (Å²) in [7, 11) is 2.94. The van der Waals surface area contributed by atoms with Gasteiger partial charge >= 0.3 is 5.91 Å². The highest BCUT2D eigenvalue weighted by atomic mass is 16.7. The molecule has 1 saturated heterocycles. The summed E-state index contributed by atoms with van der Waals surface area (Å²) in [6.45, 7) is 2.62. The summed E-state index contributed by atoms with van der Waals surface area (Å²) in [5.41, 5.74) is 1.95. The zero-order chi connectivity index (χ0) is 25.1. The molecule has 1 aliphatic heterocycles. The second-order valence-electron chi connectivity index (χ2n) is 9.41. The minimum absolute atomic E-state index is 0.163. The molecule has 7 nitrogen and oxygen atoms in total. The van der Waals surface area contributed by atoms with Crippen molar-refractivity contribution in [1.29, 1.82) is 0 Å². The van der Waals surface area contributed by atoms with Crippen LogP contribution in [0.5, 0.6) is 5.75 Å². The lowest BCUT2D eigenvalue weighted by Crippen LogP contribution is -2.40. The van der Waals surface area contributed by atoms with E-state index >= 15 is 0 Å². The van der Waals surface area contributed by atoms with Crippen LogP contribution in [0.4, 0.5) is 0 Å². The van der Waals surface area contributed by atoms with Crippen LogP contribution < -0.4 is 4.74 Å². The quantitative estimate of drug-likeness (QED) is 0.358. The first-order chi connectivity index (χ1) is 17.5. The lowest BCUT2D eigenvalue weighted by molar-refractivity contribution is -0.0772. The van der Waals surface area contributed by atoms with Crippen LogP contribution in [-0.4, -0.2) is 67.5 Å². The predicted octanol–water partition coefficient (Wildman–Crippen LogP) is 4.84. The number of benzene rings is 3. The summed E-state index contributed by atoms with van der Waals surface area (Å²) in [6, 6.07) is 22.3. The molecule has 1 amide bonds. The number of ether oxygens (including phenoxy) is 1. The van der Waals surface area contributed by atoms with Gasteiger partial charge in [0.05, 0.1) is 12.5 Å². The van der Waals surface area contributed by atoms with Crippen LogP contribution in [0.2, 0.25) is 0 Å². The van der Waals surface area contributed by atoms with E-state index in [1.165, 1.54) is 30.5 Å². The van der Waals surface area contributed by atoms with Gasteiger partial charge < -0.3 is 19.2 Å².